The number of fused-ring (bicyclic) bond motifs is 1. The molecule has 13 heavy (non-hydrogen) atoms. The van der Waals surface area contributed by atoms with E-state index >= 15 is 0 Å². The minimum Gasteiger partial charge on any atom is -0.377 e. The largest absolute Gasteiger partial charge is 0.377 e. The van der Waals surface area contributed by atoms with Gasteiger partial charge in [0, 0.05) is 24.0 Å². The van der Waals surface area contributed by atoms with Crippen molar-refractivity contribution in [1.82, 2.24) is 5.48 Å². The Morgan fingerprint density at radius 2 is 2.31 bits per heavy atom. The van der Waals surface area contributed by atoms with Crippen molar-refractivity contribution < 1.29 is 9.57 Å². The molecule has 1 aliphatic heterocycles. The van der Waals surface area contributed by atoms with Gasteiger partial charge in [0.05, 0.1) is 12.7 Å². The van der Waals surface area contributed by atoms with Gasteiger partial charge in [-0.05, 0) is 13.3 Å². The molecular formula is C10H19NO2. The van der Waals surface area contributed by atoms with Crippen molar-refractivity contribution in [2.24, 2.45) is 11.3 Å². The van der Waals surface area contributed by atoms with E-state index in [2.05, 4.69) is 19.3 Å². The van der Waals surface area contributed by atoms with Gasteiger partial charge in [-0.15, -0.1) is 0 Å². The standard InChI is InChI=1S/C10H19NO2/c1-4-13-11-8-7-5-6-12-9(7)10(8,2)3/h7-9,11H,4-6H2,1-3H3. The summed E-state index contributed by atoms with van der Waals surface area (Å²) in [5.41, 5.74) is 3.38. The van der Waals surface area contributed by atoms with Crippen LogP contribution in [0.15, 0.2) is 0 Å². The first-order chi connectivity index (χ1) is 6.18. The number of nitrogens with one attached hydrogen (secondary N) is 1. The van der Waals surface area contributed by atoms with Gasteiger partial charge in [-0.25, -0.2) is 0 Å². The van der Waals surface area contributed by atoms with Crippen molar-refractivity contribution in [3.8, 4) is 0 Å². The molecule has 0 aromatic rings. The first-order valence-corrected chi connectivity index (χ1v) is 5.17. The van der Waals surface area contributed by atoms with Crippen LogP contribution in [0.1, 0.15) is 27.2 Å². The summed E-state index contributed by atoms with van der Waals surface area (Å²) < 4.78 is 5.68. The minimum absolute atomic E-state index is 0.232. The molecule has 2 aliphatic rings. The molecule has 3 nitrogen and oxygen atoms in total. The van der Waals surface area contributed by atoms with Crippen molar-refractivity contribution in [2.75, 3.05) is 13.2 Å². The van der Waals surface area contributed by atoms with E-state index in [1.165, 1.54) is 6.42 Å². The summed E-state index contributed by atoms with van der Waals surface area (Å²) in [4.78, 5) is 5.28. The summed E-state index contributed by atoms with van der Waals surface area (Å²) >= 11 is 0. The van der Waals surface area contributed by atoms with Crippen molar-refractivity contribution in [2.45, 2.75) is 39.3 Å². The number of hydrogen-bond acceptors (Lipinski definition) is 3. The van der Waals surface area contributed by atoms with E-state index in [1.807, 2.05) is 6.92 Å². The van der Waals surface area contributed by atoms with Gasteiger partial charge in [-0.3, -0.25) is 0 Å². The third-order valence-electron chi connectivity index (χ3n) is 3.46. The van der Waals surface area contributed by atoms with Crippen LogP contribution in [-0.2, 0) is 9.57 Å². The van der Waals surface area contributed by atoms with Crippen LogP contribution in [0.4, 0.5) is 0 Å². The van der Waals surface area contributed by atoms with Crippen LogP contribution in [0.5, 0.6) is 0 Å². The lowest BCUT2D eigenvalue weighted by atomic mass is 9.58. The molecule has 0 radical (unpaired) electrons. The van der Waals surface area contributed by atoms with Gasteiger partial charge in [-0.2, -0.15) is 5.48 Å². The number of hydroxylamine groups is 1. The number of rotatable bonds is 3. The smallest absolute Gasteiger partial charge is 0.0686 e. The molecule has 0 aromatic heterocycles. The Labute approximate surface area is 79.7 Å². The molecule has 0 bridgehead atoms. The molecule has 1 heterocycles. The van der Waals surface area contributed by atoms with E-state index in [1.54, 1.807) is 0 Å². The lowest BCUT2D eigenvalue weighted by Gasteiger charge is -2.54. The quantitative estimate of drug-likeness (QED) is 0.673. The zero-order valence-corrected chi connectivity index (χ0v) is 8.67. The molecule has 2 rings (SSSR count). The Bertz CT molecular complexity index is 193. The van der Waals surface area contributed by atoms with Crippen molar-refractivity contribution in [1.29, 1.82) is 0 Å². The summed E-state index contributed by atoms with van der Waals surface area (Å²) in [6.45, 7) is 8.14. The van der Waals surface area contributed by atoms with Gasteiger partial charge in [0.1, 0.15) is 0 Å². The second-order valence-corrected chi connectivity index (χ2v) is 4.59. The first kappa shape index (κ1) is 9.44. The fourth-order valence-corrected chi connectivity index (χ4v) is 2.74. The summed E-state index contributed by atoms with van der Waals surface area (Å²) in [5.74, 6) is 0.668. The maximum Gasteiger partial charge on any atom is 0.0686 e. The topological polar surface area (TPSA) is 30.5 Å². The second-order valence-electron chi connectivity index (χ2n) is 4.59. The predicted octanol–water partition coefficient (Wildman–Crippen LogP) is 1.34. The predicted molar refractivity (Wildman–Crippen MR) is 50.2 cm³/mol. The Balaban J connectivity index is 1.95. The molecule has 0 amide bonds. The molecule has 1 saturated carbocycles. The van der Waals surface area contributed by atoms with Crippen LogP contribution in [0.3, 0.4) is 0 Å². The molecule has 2 fully saturated rings. The fourth-order valence-electron chi connectivity index (χ4n) is 2.74. The summed E-state index contributed by atoms with van der Waals surface area (Å²) in [6, 6.07) is 0.472. The molecule has 1 N–H and O–H groups in total. The molecule has 3 atom stereocenters. The highest BCUT2D eigenvalue weighted by Crippen LogP contribution is 2.51. The Morgan fingerprint density at radius 3 is 3.00 bits per heavy atom. The number of ether oxygens (including phenoxy) is 1. The van der Waals surface area contributed by atoms with Crippen molar-refractivity contribution in [3.05, 3.63) is 0 Å². The zero-order valence-electron chi connectivity index (χ0n) is 8.67. The third-order valence-corrected chi connectivity index (χ3v) is 3.46. The van der Waals surface area contributed by atoms with Gasteiger partial charge in [0.25, 0.3) is 0 Å². The van der Waals surface area contributed by atoms with E-state index < -0.39 is 0 Å². The van der Waals surface area contributed by atoms with Gasteiger partial charge in [0.15, 0.2) is 0 Å². The van der Waals surface area contributed by atoms with Crippen LogP contribution in [-0.4, -0.2) is 25.4 Å². The summed E-state index contributed by atoms with van der Waals surface area (Å²) in [5, 5.41) is 0. The molecular weight excluding hydrogens is 166 g/mol. The molecule has 0 spiro atoms. The molecule has 1 aliphatic carbocycles. The van der Waals surface area contributed by atoms with E-state index in [9.17, 15) is 0 Å². The average molecular weight is 185 g/mol. The van der Waals surface area contributed by atoms with Gasteiger partial charge in [0.2, 0.25) is 0 Å². The summed E-state index contributed by atoms with van der Waals surface area (Å²) in [7, 11) is 0. The van der Waals surface area contributed by atoms with Crippen LogP contribution in [0.25, 0.3) is 0 Å². The molecule has 1 saturated heterocycles. The highest BCUT2D eigenvalue weighted by molar-refractivity contribution is 5.10. The third kappa shape index (κ3) is 1.30. The summed E-state index contributed by atoms with van der Waals surface area (Å²) in [6.07, 6.45) is 1.63. The Hall–Kier alpha value is -0.120. The molecule has 3 heteroatoms. The average Bonchev–Trinajstić information content (AvgIpc) is 2.51. The van der Waals surface area contributed by atoms with E-state index in [0.29, 0.717) is 18.1 Å². The van der Waals surface area contributed by atoms with Crippen molar-refractivity contribution >= 4 is 0 Å². The highest BCUT2D eigenvalue weighted by Gasteiger charge is 2.59. The van der Waals surface area contributed by atoms with Crippen molar-refractivity contribution in [3.63, 3.8) is 0 Å². The number of hydrogen-bond donors (Lipinski definition) is 1. The molecule has 3 unspecified atom stereocenters. The molecule has 76 valence electrons. The highest BCUT2D eigenvalue weighted by atomic mass is 16.6. The SMILES string of the molecule is CCONC1C2CCOC2C1(C)C. The maximum absolute atomic E-state index is 5.68. The zero-order chi connectivity index (χ0) is 9.47. The van der Waals surface area contributed by atoms with E-state index in [4.69, 9.17) is 9.57 Å². The molecule has 0 aromatic carbocycles. The van der Waals surface area contributed by atoms with Crippen LogP contribution >= 0.6 is 0 Å². The van der Waals surface area contributed by atoms with E-state index in [0.717, 1.165) is 13.2 Å². The van der Waals surface area contributed by atoms with Crippen LogP contribution in [0.2, 0.25) is 0 Å². The van der Waals surface area contributed by atoms with Crippen LogP contribution in [0, 0.1) is 11.3 Å². The lowest BCUT2D eigenvalue weighted by Crippen LogP contribution is -2.65. The Kier molecular flexibility index (Phi) is 2.34. The normalized spacial score (nSPS) is 41.3. The van der Waals surface area contributed by atoms with Crippen LogP contribution < -0.4 is 5.48 Å². The first-order valence-electron chi connectivity index (χ1n) is 5.17. The maximum atomic E-state index is 5.68. The minimum atomic E-state index is 0.232. The van der Waals surface area contributed by atoms with E-state index in [-0.39, 0.29) is 5.41 Å². The Morgan fingerprint density at radius 1 is 1.54 bits per heavy atom. The monoisotopic (exact) mass is 185 g/mol. The second kappa shape index (κ2) is 3.23. The van der Waals surface area contributed by atoms with Gasteiger partial charge >= 0.3 is 0 Å². The lowest BCUT2D eigenvalue weighted by molar-refractivity contribution is -0.158. The van der Waals surface area contributed by atoms with Gasteiger partial charge in [-0.1, -0.05) is 13.8 Å². The fraction of sp³-hybridized carbons (Fsp3) is 1.00. The van der Waals surface area contributed by atoms with Gasteiger partial charge < -0.3 is 9.57 Å².